The molecule has 0 rings (SSSR count). The maximum atomic E-state index is 11.1. The van der Waals surface area contributed by atoms with Crippen LogP contribution in [-0.2, 0) is 9.59 Å². The normalized spacial score (nSPS) is 13.5. The van der Waals surface area contributed by atoms with Crippen molar-refractivity contribution in [1.29, 1.82) is 0 Å². The molecular weight excluding hydrogens is 174 g/mol. The minimum atomic E-state index is -1.19. The third kappa shape index (κ3) is 4.47. The monoisotopic (exact) mass is 189 g/mol. The van der Waals surface area contributed by atoms with E-state index in [-0.39, 0.29) is 0 Å². The van der Waals surface area contributed by atoms with Crippen molar-refractivity contribution in [1.82, 2.24) is 5.32 Å². The Morgan fingerprint density at radius 1 is 1.38 bits per heavy atom. The first kappa shape index (κ1) is 11.9. The van der Waals surface area contributed by atoms with Gasteiger partial charge in [-0.3, -0.25) is 9.59 Å². The van der Waals surface area contributed by atoms with Gasteiger partial charge in [0.15, 0.2) is 0 Å². The molecule has 3 N–H and O–H groups in total. The molecule has 1 atom stereocenters. The first-order chi connectivity index (χ1) is 5.75. The number of aliphatic hydroxyl groups excluding tert-OH is 1. The van der Waals surface area contributed by atoms with Crippen molar-refractivity contribution in [2.24, 2.45) is 5.41 Å². The topological polar surface area (TPSA) is 86.6 Å². The summed E-state index contributed by atoms with van der Waals surface area (Å²) in [5.41, 5.74) is -0.581. The van der Waals surface area contributed by atoms with Crippen LogP contribution in [-0.4, -0.2) is 34.7 Å². The van der Waals surface area contributed by atoms with Gasteiger partial charge in [0.05, 0.1) is 0 Å². The maximum Gasteiger partial charge on any atom is 0.322 e. The summed E-state index contributed by atoms with van der Waals surface area (Å²) in [7, 11) is 0. The summed E-state index contributed by atoms with van der Waals surface area (Å²) in [5.74, 6) is -1.79. The second-order valence-electron chi connectivity index (χ2n) is 3.88. The van der Waals surface area contributed by atoms with Crippen LogP contribution >= 0.6 is 0 Å². The minimum absolute atomic E-state index is 0.466. The van der Waals surface area contributed by atoms with Gasteiger partial charge in [-0.15, -0.1) is 0 Å². The fourth-order valence-corrected chi connectivity index (χ4v) is 0.653. The number of carboxylic acid groups (broad SMARTS) is 1. The van der Waals surface area contributed by atoms with Crippen LogP contribution in [0.2, 0.25) is 0 Å². The zero-order valence-corrected chi connectivity index (χ0v) is 8.00. The summed E-state index contributed by atoms with van der Waals surface area (Å²) < 4.78 is 0. The van der Waals surface area contributed by atoms with Crippen LogP contribution in [0.3, 0.4) is 0 Å². The molecule has 1 amide bonds. The summed E-state index contributed by atoms with van der Waals surface area (Å²) in [6, 6.07) is 0. The summed E-state index contributed by atoms with van der Waals surface area (Å²) >= 11 is 0. The van der Waals surface area contributed by atoms with E-state index in [1.165, 1.54) is 0 Å². The highest BCUT2D eigenvalue weighted by Crippen LogP contribution is 2.18. The highest BCUT2D eigenvalue weighted by atomic mass is 16.4. The van der Waals surface area contributed by atoms with E-state index in [0.29, 0.717) is 0 Å². The van der Waals surface area contributed by atoms with Gasteiger partial charge in [0.1, 0.15) is 12.6 Å². The Morgan fingerprint density at radius 2 is 1.85 bits per heavy atom. The van der Waals surface area contributed by atoms with Crippen molar-refractivity contribution in [2.75, 3.05) is 6.54 Å². The Morgan fingerprint density at radius 3 is 2.15 bits per heavy atom. The van der Waals surface area contributed by atoms with Crippen LogP contribution in [0.4, 0.5) is 0 Å². The molecule has 13 heavy (non-hydrogen) atoms. The predicted octanol–water partition coefficient (Wildman–Crippen LogP) is -0.406. The van der Waals surface area contributed by atoms with E-state index >= 15 is 0 Å². The molecule has 0 aliphatic heterocycles. The lowest BCUT2D eigenvalue weighted by Gasteiger charge is -2.24. The zero-order valence-electron chi connectivity index (χ0n) is 8.00. The molecule has 0 heterocycles. The van der Waals surface area contributed by atoms with E-state index in [9.17, 15) is 14.7 Å². The van der Waals surface area contributed by atoms with Gasteiger partial charge in [-0.25, -0.2) is 0 Å². The largest absolute Gasteiger partial charge is 0.480 e. The Bertz CT molecular complexity index is 207. The summed E-state index contributed by atoms with van der Waals surface area (Å²) in [4.78, 5) is 21.1. The van der Waals surface area contributed by atoms with E-state index in [0.717, 1.165) is 0 Å². The second kappa shape index (κ2) is 4.23. The van der Waals surface area contributed by atoms with Gasteiger partial charge in [-0.05, 0) is 5.41 Å². The van der Waals surface area contributed by atoms with Gasteiger partial charge in [0.2, 0.25) is 5.91 Å². The van der Waals surface area contributed by atoms with Gasteiger partial charge in [0, 0.05) is 0 Å². The van der Waals surface area contributed by atoms with Crippen molar-refractivity contribution >= 4 is 11.9 Å². The highest BCUT2D eigenvalue weighted by Gasteiger charge is 2.28. The van der Waals surface area contributed by atoms with Crippen LogP contribution in [0, 0.1) is 5.41 Å². The van der Waals surface area contributed by atoms with E-state index in [4.69, 9.17) is 5.11 Å². The molecule has 0 radical (unpaired) electrons. The van der Waals surface area contributed by atoms with Gasteiger partial charge >= 0.3 is 5.97 Å². The number of rotatable bonds is 3. The molecule has 0 aromatic heterocycles. The number of hydrogen-bond acceptors (Lipinski definition) is 3. The van der Waals surface area contributed by atoms with Crippen molar-refractivity contribution in [2.45, 2.75) is 26.9 Å². The minimum Gasteiger partial charge on any atom is -0.480 e. The Balaban J connectivity index is 4.05. The van der Waals surface area contributed by atoms with Gasteiger partial charge in [-0.1, -0.05) is 20.8 Å². The smallest absolute Gasteiger partial charge is 0.322 e. The van der Waals surface area contributed by atoms with Gasteiger partial charge in [0.25, 0.3) is 0 Å². The average Bonchev–Trinajstić information content (AvgIpc) is 1.96. The van der Waals surface area contributed by atoms with Gasteiger partial charge < -0.3 is 15.5 Å². The first-order valence-electron chi connectivity index (χ1n) is 3.92. The molecule has 0 fully saturated rings. The van der Waals surface area contributed by atoms with Crippen LogP contribution in [0.5, 0.6) is 0 Å². The number of nitrogens with one attached hydrogen (secondary N) is 1. The maximum absolute atomic E-state index is 11.1. The lowest BCUT2D eigenvalue weighted by molar-refractivity contribution is -0.141. The van der Waals surface area contributed by atoms with Crippen molar-refractivity contribution in [3.63, 3.8) is 0 Å². The van der Waals surface area contributed by atoms with Gasteiger partial charge in [-0.2, -0.15) is 0 Å². The molecule has 0 aromatic carbocycles. The summed E-state index contributed by atoms with van der Waals surface area (Å²) in [6.45, 7) is 4.61. The third-order valence-corrected chi connectivity index (χ3v) is 1.48. The molecule has 0 unspecified atom stereocenters. The molecule has 0 spiro atoms. The van der Waals surface area contributed by atoms with E-state index in [1.54, 1.807) is 20.8 Å². The molecule has 0 saturated heterocycles. The molecular formula is C8H15NO4. The van der Waals surface area contributed by atoms with E-state index in [2.05, 4.69) is 5.32 Å². The Hall–Kier alpha value is -1.10. The molecule has 0 saturated carbocycles. The second-order valence-corrected chi connectivity index (χ2v) is 3.88. The number of carbonyl (C=O) groups excluding carboxylic acids is 1. The predicted molar refractivity (Wildman–Crippen MR) is 46.1 cm³/mol. The number of aliphatic hydroxyl groups is 1. The lowest BCUT2D eigenvalue weighted by Crippen LogP contribution is -2.44. The quantitative estimate of drug-likeness (QED) is 0.563. The van der Waals surface area contributed by atoms with Crippen molar-refractivity contribution < 1.29 is 19.8 Å². The van der Waals surface area contributed by atoms with Crippen LogP contribution < -0.4 is 5.32 Å². The van der Waals surface area contributed by atoms with E-state index in [1.807, 2.05) is 0 Å². The standard InChI is InChI=1S/C8H15NO4/c1-8(2,3)6(12)7(13)9-4-5(10)11/h6,12H,4H2,1-3H3,(H,9,13)(H,10,11)/t6-/m1/s1. The number of carboxylic acids is 1. The van der Waals surface area contributed by atoms with Crippen molar-refractivity contribution in [3.05, 3.63) is 0 Å². The molecule has 0 bridgehead atoms. The fourth-order valence-electron chi connectivity index (χ4n) is 0.653. The van der Waals surface area contributed by atoms with Crippen LogP contribution in [0.15, 0.2) is 0 Å². The number of carbonyl (C=O) groups is 2. The Labute approximate surface area is 76.8 Å². The average molecular weight is 189 g/mol. The molecule has 0 aliphatic rings. The summed E-state index contributed by atoms with van der Waals surface area (Å²) in [6.07, 6.45) is -1.19. The Kier molecular flexibility index (Phi) is 3.87. The molecule has 5 heteroatoms. The van der Waals surface area contributed by atoms with Crippen LogP contribution in [0.25, 0.3) is 0 Å². The number of aliphatic carboxylic acids is 1. The number of amides is 1. The molecule has 0 aromatic rings. The molecule has 0 aliphatic carbocycles. The highest BCUT2D eigenvalue weighted by molar-refractivity contribution is 5.84. The summed E-state index contributed by atoms with van der Waals surface area (Å²) in [5, 5.41) is 19.7. The lowest BCUT2D eigenvalue weighted by atomic mass is 9.89. The number of hydrogen-bond donors (Lipinski definition) is 3. The molecule has 76 valence electrons. The fraction of sp³-hybridized carbons (Fsp3) is 0.750. The SMILES string of the molecule is CC(C)(C)[C@H](O)C(=O)NCC(=O)O. The first-order valence-corrected chi connectivity index (χ1v) is 3.92. The third-order valence-electron chi connectivity index (χ3n) is 1.48. The molecule has 5 nitrogen and oxygen atoms in total. The van der Waals surface area contributed by atoms with E-state index < -0.39 is 29.9 Å². The van der Waals surface area contributed by atoms with Crippen LogP contribution in [0.1, 0.15) is 20.8 Å². The zero-order chi connectivity index (χ0) is 10.6. The van der Waals surface area contributed by atoms with Crippen molar-refractivity contribution in [3.8, 4) is 0 Å².